The van der Waals surface area contributed by atoms with Crippen LogP contribution in [-0.4, -0.2) is 33.5 Å². The lowest BCUT2D eigenvalue weighted by molar-refractivity contribution is -0.138. The van der Waals surface area contributed by atoms with Gasteiger partial charge in [-0.15, -0.1) is 0 Å². The summed E-state index contributed by atoms with van der Waals surface area (Å²) in [7, 11) is 0. The third kappa shape index (κ3) is 7.53. The van der Waals surface area contributed by atoms with E-state index in [0.29, 0.717) is 17.3 Å². The van der Waals surface area contributed by atoms with Gasteiger partial charge in [0.05, 0.1) is 30.4 Å². The number of aliphatic carboxylic acids is 1. The van der Waals surface area contributed by atoms with E-state index in [9.17, 15) is 22.8 Å². The number of nitrogens with zero attached hydrogens (tertiary/aromatic N) is 2. The van der Waals surface area contributed by atoms with E-state index in [4.69, 9.17) is 5.11 Å². The van der Waals surface area contributed by atoms with Crippen LogP contribution in [0.15, 0.2) is 60.9 Å². The number of aromatic nitrogens is 2. The van der Waals surface area contributed by atoms with Crippen LogP contribution in [0.2, 0.25) is 0 Å². The van der Waals surface area contributed by atoms with Crippen molar-refractivity contribution in [1.29, 1.82) is 0 Å². The molecule has 190 valence electrons. The normalized spacial score (nSPS) is 12.3. The van der Waals surface area contributed by atoms with Gasteiger partial charge in [0, 0.05) is 6.54 Å². The van der Waals surface area contributed by atoms with Gasteiger partial charge in [-0.25, -0.2) is 9.97 Å². The first-order valence-electron chi connectivity index (χ1n) is 11.4. The molecule has 0 aliphatic rings. The summed E-state index contributed by atoms with van der Waals surface area (Å²) >= 11 is 0. The topological polar surface area (TPSA) is 104 Å². The second-order valence-corrected chi connectivity index (χ2v) is 8.71. The second kappa shape index (κ2) is 11.7. The molecule has 3 N–H and O–H groups in total. The number of hydrogen-bond donors (Lipinski definition) is 3. The summed E-state index contributed by atoms with van der Waals surface area (Å²) in [5, 5.41) is 14.5. The molecule has 0 bridgehead atoms. The maximum atomic E-state index is 12.8. The Labute approximate surface area is 206 Å². The van der Waals surface area contributed by atoms with E-state index in [1.807, 2.05) is 24.3 Å². The van der Waals surface area contributed by atoms with Crippen LogP contribution in [0.1, 0.15) is 54.3 Å². The Kier molecular flexibility index (Phi) is 8.63. The van der Waals surface area contributed by atoms with E-state index in [-0.39, 0.29) is 24.7 Å². The molecule has 0 fully saturated rings. The number of amides is 1. The summed E-state index contributed by atoms with van der Waals surface area (Å²) in [6, 6.07) is 12.5. The Morgan fingerprint density at radius 1 is 0.944 bits per heavy atom. The number of alkyl halides is 3. The SMILES string of the molecule is CC(C)C[C@H](Nc1cnc(C(=O)NCCC(=O)O)cn1)c1ccc(-c2ccc(C(F)(F)F)cc2)cc1. The van der Waals surface area contributed by atoms with Crippen LogP contribution in [0.4, 0.5) is 19.0 Å². The summed E-state index contributed by atoms with van der Waals surface area (Å²) in [6.45, 7) is 4.16. The Morgan fingerprint density at radius 3 is 2.06 bits per heavy atom. The highest BCUT2D eigenvalue weighted by Crippen LogP contribution is 2.32. The van der Waals surface area contributed by atoms with Crippen LogP contribution in [0.25, 0.3) is 11.1 Å². The molecular formula is C26H27F3N4O3. The van der Waals surface area contributed by atoms with E-state index in [1.165, 1.54) is 24.5 Å². The van der Waals surface area contributed by atoms with Gasteiger partial charge in [0.2, 0.25) is 0 Å². The summed E-state index contributed by atoms with van der Waals surface area (Å²) < 4.78 is 38.5. The van der Waals surface area contributed by atoms with Crippen molar-refractivity contribution in [3.63, 3.8) is 0 Å². The first kappa shape index (κ1) is 26.7. The molecule has 3 aromatic rings. The van der Waals surface area contributed by atoms with Crippen molar-refractivity contribution in [3.8, 4) is 11.1 Å². The van der Waals surface area contributed by atoms with Crippen LogP contribution >= 0.6 is 0 Å². The summed E-state index contributed by atoms with van der Waals surface area (Å²) in [6.07, 6.45) is -1.02. The number of anilines is 1. The van der Waals surface area contributed by atoms with Crippen molar-refractivity contribution in [2.75, 3.05) is 11.9 Å². The van der Waals surface area contributed by atoms with Crippen molar-refractivity contribution in [2.24, 2.45) is 5.92 Å². The Balaban J connectivity index is 1.70. The van der Waals surface area contributed by atoms with Gasteiger partial charge >= 0.3 is 12.1 Å². The van der Waals surface area contributed by atoms with Crippen molar-refractivity contribution in [1.82, 2.24) is 15.3 Å². The van der Waals surface area contributed by atoms with Crippen LogP contribution < -0.4 is 10.6 Å². The van der Waals surface area contributed by atoms with Gasteiger partial charge in [0.25, 0.3) is 5.91 Å². The van der Waals surface area contributed by atoms with Crippen molar-refractivity contribution >= 4 is 17.7 Å². The Bertz CT molecular complexity index is 1160. The van der Waals surface area contributed by atoms with Gasteiger partial charge in [-0.1, -0.05) is 50.2 Å². The molecule has 7 nitrogen and oxygen atoms in total. The standard InChI is InChI=1S/C26H27F3N4O3/c1-16(2)13-21(33-23-15-31-22(14-32-23)25(36)30-12-11-24(34)35)19-5-3-17(4-6-19)18-7-9-20(10-8-18)26(27,28)29/h3-10,14-16,21H,11-13H2,1-2H3,(H,30,36)(H,32,33)(H,34,35)/t21-/m0/s1. The van der Waals surface area contributed by atoms with Gasteiger partial charge in [-0.3, -0.25) is 9.59 Å². The quantitative estimate of drug-likeness (QED) is 0.336. The fraction of sp³-hybridized carbons (Fsp3) is 0.308. The number of rotatable bonds is 10. The van der Waals surface area contributed by atoms with E-state index in [2.05, 4.69) is 34.4 Å². The second-order valence-electron chi connectivity index (χ2n) is 8.71. The van der Waals surface area contributed by atoms with Crippen LogP contribution in [-0.2, 0) is 11.0 Å². The van der Waals surface area contributed by atoms with Crippen LogP contribution in [0.3, 0.4) is 0 Å². The summed E-state index contributed by atoms with van der Waals surface area (Å²) in [5.74, 6) is -0.698. The molecule has 0 radical (unpaired) electrons. The van der Waals surface area contributed by atoms with E-state index < -0.39 is 23.6 Å². The zero-order chi connectivity index (χ0) is 26.3. The lowest BCUT2D eigenvalue weighted by Crippen LogP contribution is -2.27. The number of carbonyl (C=O) groups is 2. The monoisotopic (exact) mass is 500 g/mol. The van der Waals surface area contributed by atoms with Gasteiger partial charge in [-0.2, -0.15) is 13.2 Å². The fourth-order valence-electron chi connectivity index (χ4n) is 3.58. The summed E-state index contributed by atoms with van der Waals surface area (Å²) in [4.78, 5) is 31.0. The lowest BCUT2D eigenvalue weighted by Gasteiger charge is -2.22. The molecule has 0 spiro atoms. The maximum Gasteiger partial charge on any atom is 0.416 e. The molecule has 0 saturated carbocycles. The molecule has 0 unspecified atom stereocenters. The number of halogens is 3. The molecule has 36 heavy (non-hydrogen) atoms. The van der Waals surface area contributed by atoms with Crippen LogP contribution in [0, 0.1) is 5.92 Å². The predicted octanol–water partition coefficient (Wildman–Crippen LogP) is 5.57. The molecule has 2 aromatic carbocycles. The fourth-order valence-corrected chi connectivity index (χ4v) is 3.58. The molecule has 3 rings (SSSR count). The highest BCUT2D eigenvalue weighted by molar-refractivity contribution is 5.92. The average Bonchev–Trinajstić information content (AvgIpc) is 2.83. The number of carboxylic acids is 1. The van der Waals surface area contributed by atoms with Gasteiger partial charge < -0.3 is 15.7 Å². The van der Waals surface area contributed by atoms with Gasteiger partial charge in [0.1, 0.15) is 11.5 Å². The Hall–Kier alpha value is -3.95. The largest absolute Gasteiger partial charge is 0.481 e. The number of hydrogen-bond acceptors (Lipinski definition) is 5. The molecule has 1 atom stereocenters. The number of carbonyl (C=O) groups excluding carboxylic acids is 1. The molecule has 1 aromatic heterocycles. The first-order chi connectivity index (χ1) is 17.0. The lowest BCUT2D eigenvalue weighted by atomic mass is 9.95. The van der Waals surface area contributed by atoms with E-state index in [0.717, 1.165) is 29.7 Å². The smallest absolute Gasteiger partial charge is 0.416 e. The molecule has 1 heterocycles. The average molecular weight is 501 g/mol. The van der Waals surface area contributed by atoms with Crippen molar-refractivity contribution in [3.05, 3.63) is 77.7 Å². The molecule has 10 heteroatoms. The zero-order valence-corrected chi connectivity index (χ0v) is 19.8. The van der Waals surface area contributed by atoms with Crippen LogP contribution in [0.5, 0.6) is 0 Å². The van der Waals surface area contributed by atoms with E-state index >= 15 is 0 Å². The third-order valence-corrected chi connectivity index (χ3v) is 5.40. The molecule has 1 amide bonds. The highest BCUT2D eigenvalue weighted by Gasteiger charge is 2.30. The minimum Gasteiger partial charge on any atom is -0.481 e. The molecule has 0 aliphatic heterocycles. The van der Waals surface area contributed by atoms with Crippen molar-refractivity contribution in [2.45, 2.75) is 38.9 Å². The van der Waals surface area contributed by atoms with Gasteiger partial charge in [0.15, 0.2) is 0 Å². The Morgan fingerprint density at radius 2 is 1.56 bits per heavy atom. The van der Waals surface area contributed by atoms with Crippen molar-refractivity contribution < 1.29 is 27.9 Å². The molecule has 0 saturated heterocycles. The molecular weight excluding hydrogens is 473 g/mol. The highest BCUT2D eigenvalue weighted by atomic mass is 19.4. The number of benzene rings is 2. The predicted molar refractivity (Wildman–Crippen MR) is 129 cm³/mol. The van der Waals surface area contributed by atoms with Gasteiger partial charge in [-0.05, 0) is 41.2 Å². The minimum atomic E-state index is -4.37. The maximum absolute atomic E-state index is 12.8. The van der Waals surface area contributed by atoms with E-state index in [1.54, 1.807) is 0 Å². The third-order valence-electron chi connectivity index (χ3n) is 5.40. The first-order valence-corrected chi connectivity index (χ1v) is 11.4. The number of carboxylic acid groups (broad SMARTS) is 1. The number of nitrogens with one attached hydrogen (secondary N) is 2. The zero-order valence-electron chi connectivity index (χ0n) is 19.8. The minimum absolute atomic E-state index is 0.00518. The summed E-state index contributed by atoms with van der Waals surface area (Å²) in [5.41, 5.74) is 1.85. The molecule has 0 aliphatic carbocycles.